The van der Waals surface area contributed by atoms with E-state index in [0.717, 1.165) is 17.1 Å². The van der Waals surface area contributed by atoms with Crippen LogP contribution in [0.3, 0.4) is 0 Å². The van der Waals surface area contributed by atoms with Crippen LogP contribution in [-0.2, 0) is 6.54 Å². The Hall–Kier alpha value is -2.69. The summed E-state index contributed by atoms with van der Waals surface area (Å²) >= 11 is 0. The second kappa shape index (κ2) is 5.97. The van der Waals surface area contributed by atoms with E-state index in [0.29, 0.717) is 18.3 Å². The maximum atomic E-state index is 10.4. The zero-order valence-electron chi connectivity index (χ0n) is 12.2. The van der Waals surface area contributed by atoms with Gasteiger partial charge in [-0.05, 0) is 23.8 Å². The van der Waals surface area contributed by atoms with Crippen molar-refractivity contribution in [2.24, 2.45) is 0 Å². The highest BCUT2D eigenvalue weighted by Crippen LogP contribution is 2.37. The van der Waals surface area contributed by atoms with Gasteiger partial charge in [-0.25, -0.2) is 4.79 Å². The minimum Gasteiger partial charge on any atom is -0.493 e. The maximum absolute atomic E-state index is 10.4. The number of benzene rings is 2. The Bertz CT molecular complexity index is 682. The third-order valence-electron chi connectivity index (χ3n) is 3.61. The first-order valence-electron chi connectivity index (χ1n) is 7.12. The summed E-state index contributed by atoms with van der Waals surface area (Å²) in [6, 6.07) is 13.2. The van der Waals surface area contributed by atoms with Crippen molar-refractivity contribution < 1.29 is 19.4 Å². The highest BCUT2D eigenvalue weighted by Gasteiger charge is 2.20. The molecule has 0 spiro atoms. The summed E-state index contributed by atoms with van der Waals surface area (Å²) in [4.78, 5) is 10.4. The van der Waals surface area contributed by atoms with E-state index in [1.54, 1.807) is 0 Å². The Morgan fingerprint density at radius 1 is 1.27 bits per heavy atom. The molecule has 1 aliphatic heterocycles. The molecule has 0 saturated heterocycles. The van der Waals surface area contributed by atoms with Gasteiger partial charge in [-0.1, -0.05) is 25.1 Å². The topological polar surface area (TPSA) is 67.8 Å². The number of ether oxygens (including phenoxy) is 2. The average Bonchev–Trinajstić information content (AvgIpc) is 2.87. The lowest BCUT2D eigenvalue weighted by molar-refractivity contribution is 0.194. The van der Waals surface area contributed by atoms with Crippen LogP contribution >= 0.6 is 0 Å². The Morgan fingerprint density at radius 3 is 2.73 bits per heavy atom. The van der Waals surface area contributed by atoms with Crippen LogP contribution in [0, 0.1) is 0 Å². The minimum absolute atomic E-state index is 0.278. The van der Waals surface area contributed by atoms with Gasteiger partial charge in [0.1, 0.15) is 17.2 Å². The molecular formula is C17H17NO4. The molecule has 1 heterocycles. The fourth-order valence-corrected chi connectivity index (χ4v) is 2.40. The molecule has 1 aliphatic rings. The number of carbonyl (C=O) groups is 1. The van der Waals surface area contributed by atoms with E-state index in [2.05, 4.69) is 12.2 Å². The summed E-state index contributed by atoms with van der Waals surface area (Å²) in [5.74, 6) is 2.73. The Kier molecular flexibility index (Phi) is 3.87. The monoisotopic (exact) mass is 299 g/mol. The summed E-state index contributed by atoms with van der Waals surface area (Å²) in [7, 11) is 0. The van der Waals surface area contributed by atoms with Crippen LogP contribution in [0.4, 0.5) is 4.79 Å². The lowest BCUT2D eigenvalue weighted by Gasteiger charge is -2.08. The second-order valence-corrected chi connectivity index (χ2v) is 5.32. The van der Waals surface area contributed by atoms with Crippen LogP contribution in [0.2, 0.25) is 0 Å². The van der Waals surface area contributed by atoms with Crippen molar-refractivity contribution >= 4 is 6.09 Å². The summed E-state index contributed by atoms with van der Waals surface area (Å²) in [5.41, 5.74) is 2.09. The molecule has 114 valence electrons. The standard InChI is InChI=1S/C17H17NO4/c1-11-10-21-16-8-14(6-7-15(11)16)22-13-4-2-12(3-5-13)9-18-17(19)20/h2-8,11,18H,9-10H2,1H3,(H,19,20). The van der Waals surface area contributed by atoms with E-state index >= 15 is 0 Å². The summed E-state index contributed by atoms with van der Waals surface area (Å²) in [5, 5.41) is 10.9. The summed E-state index contributed by atoms with van der Waals surface area (Å²) in [6.07, 6.45) is -1.03. The quantitative estimate of drug-likeness (QED) is 0.902. The molecule has 0 aliphatic carbocycles. The van der Waals surface area contributed by atoms with Crippen molar-refractivity contribution in [2.45, 2.75) is 19.4 Å². The Labute approximate surface area is 128 Å². The number of fused-ring (bicyclic) bond motifs is 1. The lowest BCUT2D eigenvalue weighted by Crippen LogP contribution is -2.19. The highest BCUT2D eigenvalue weighted by atomic mass is 16.5. The molecule has 0 fully saturated rings. The van der Waals surface area contributed by atoms with Crippen LogP contribution in [-0.4, -0.2) is 17.8 Å². The Morgan fingerprint density at radius 2 is 2.00 bits per heavy atom. The fourth-order valence-electron chi connectivity index (χ4n) is 2.40. The molecule has 1 atom stereocenters. The zero-order valence-corrected chi connectivity index (χ0v) is 12.2. The van der Waals surface area contributed by atoms with Crippen molar-refractivity contribution in [2.75, 3.05) is 6.61 Å². The van der Waals surface area contributed by atoms with Crippen molar-refractivity contribution in [3.05, 3.63) is 53.6 Å². The minimum atomic E-state index is -1.03. The van der Waals surface area contributed by atoms with Gasteiger partial charge in [-0.3, -0.25) is 0 Å². The molecule has 0 aromatic heterocycles. The predicted molar refractivity (Wildman–Crippen MR) is 81.7 cm³/mol. The van der Waals surface area contributed by atoms with Crippen LogP contribution in [0.15, 0.2) is 42.5 Å². The van der Waals surface area contributed by atoms with Crippen LogP contribution in [0.25, 0.3) is 0 Å². The van der Waals surface area contributed by atoms with Crippen molar-refractivity contribution in [3.8, 4) is 17.2 Å². The highest BCUT2D eigenvalue weighted by molar-refractivity contribution is 5.64. The first kappa shape index (κ1) is 14.3. The van der Waals surface area contributed by atoms with Crippen LogP contribution in [0.1, 0.15) is 24.0 Å². The van der Waals surface area contributed by atoms with E-state index in [1.165, 1.54) is 5.56 Å². The molecule has 3 rings (SSSR count). The fraction of sp³-hybridized carbons (Fsp3) is 0.235. The molecular weight excluding hydrogens is 282 g/mol. The largest absolute Gasteiger partial charge is 0.493 e. The van der Waals surface area contributed by atoms with Gasteiger partial charge in [-0.15, -0.1) is 0 Å². The molecule has 2 aromatic carbocycles. The average molecular weight is 299 g/mol. The van der Waals surface area contributed by atoms with Crippen molar-refractivity contribution in [3.63, 3.8) is 0 Å². The number of carboxylic acid groups (broad SMARTS) is 1. The second-order valence-electron chi connectivity index (χ2n) is 5.32. The number of rotatable bonds is 4. The molecule has 0 bridgehead atoms. The van der Waals surface area contributed by atoms with Crippen molar-refractivity contribution in [1.29, 1.82) is 0 Å². The van der Waals surface area contributed by atoms with Crippen LogP contribution < -0.4 is 14.8 Å². The van der Waals surface area contributed by atoms with E-state index in [9.17, 15) is 4.79 Å². The van der Waals surface area contributed by atoms with E-state index in [4.69, 9.17) is 14.6 Å². The summed E-state index contributed by atoms with van der Waals surface area (Å²) < 4.78 is 11.4. The van der Waals surface area contributed by atoms with E-state index < -0.39 is 6.09 Å². The first-order valence-corrected chi connectivity index (χ1v) is 7.12. The number of hydrogen-bond acceptors (Lipinski definition) is 3. The Balaban J connectivity index is 1.67. The zero-order chi connectivity index (χ0) is 15.5. The van der Waals surface area contributed by atoms with Gasteiger partial charge >= 0.3 is 6.09 Å². The third-order valence-corrected chi connectivity index (χ3v) is 3.61. The summed E-state index contributed by atoms with van der Waals surface area (Å²) in [6.45, 7) is 3.13. The molecule has 1 unspecified atom stereocenters. The van der Waals surface area contributed by atoms with Gasteiger partial charge in [-0.2, -0.15) is 0 Å². The SMILES string of the molecule is CC1COc2cc(Oc3ccc(CNC(=O)O)cc3)ccc21. The van der Waals surface area contributed by atoms with Gasteiger partial charge in [0.25, 0.3) is 0 Å². The number of hydrogen-bond donors (Lipinski definition) is 2. The van der Waals surface area contributed by atoms with Crippen LogP contribution in [0.5, 0.6) is 17.2 Å². The molecule has 5 heteroatoms. The van der Waals surface area contributed by atoms with Gasteiger partial charge < -0.3 is 19.9 Å². The normalized spacial score (nSPS) is 15.8. The van der Waals surface area contributed by atoms with Gasteiger partial charge in [0.2, 0.25) is 0 Å². The predicted octanol–water partition coefficient (Wildman–Crippen LogP) is 3.74. The number of amides is 1. The first-order chi connectivity index (χ1) is 10.6. The molecule has 0 radical (unpaired) electrons. The van der Waals surface area contributed by atoms with E-state index in [1.807, 2.05) is 42.5 Å². The molecule has 5 nitrogen and oxygen atoms in total. The lowest BCUT2D eigenvalue weighted by atomic mass is 10.0. The molecule has 2 N–H and O–H groups in total. The van der Waals surface area contributed by atoms with E-state index in [-0.39, 0.29) is 6.54 Å². The van der Waals surface area contributed by atoms with Crippen molar-refractivity contribution in [1.82, 2.24) is 5.32 Å². The van der Waals surface area contributed by atoms with Gasteiger partial charge in [0, 0.05) is 24.1 Å². The molecule has 0 saturated carbocycles. The molecule has 2 aromatic rings. The molecule has 1 amide bonds. The maximum Gasteiger partial charge on any atom is 0.404 e. The van der Waals surface area contributed by atoms with Gasteiger partial charge in [0.05, 0.1) is 6.61 Å². The third kappa shape index (κ3) is 3.14. The molecule has 22 heavy (non-hydrogen) atoms. The number of nitrogens with one attached hydrogen (secondary N) is 1. The van der Waals surface area contributed by atoms with Gasteiger partial charge in [0.15, 0.2) is 0 Å². The smallest absolute Gasteiger partial charge is 0.404 e.